The molecule has 2 saturated heterocycles. The summed E-state index contributed by atoms with van der Waals surface area (Å²) in [7, 11) is 0. The summed E-state index contributed by atoms with van der Waals surface area (Å²) in [6, 6.07) is 9.42. The lowest BCUT2D eigenvalue weighted by molar-refractivity contribution is 0.0704. The van der Waals surface area contributed by atoms with Crippen LogP contribution in [-0.2, 0) is 4.74 Å². The van der Waals surface area contributed by atoms with Crippen molar-refractivity contribution in [2.24, 2.45) is 0 Å². The molecule has 34 heavy (non-hydrogen) atoms. The predicted molar refractivity (Wildman–Crippen MR) is 124 cm³/mol. The molecule has 0 saturated carbocycles. The second kappa shape index (κ2) is 10.1. The highest BCUT2D eigenvalue weighted by atomic mass is 19.1. The first-order chi connectivity index (χ1) is 16.7. The van der Waals surface area contributed by atoms with Gasteiger partial charge in [0, 0.05) is 56.3 Å². The van der Waals surface area contributed by atoms with Crippen molar-refractivity contribution >= 4 is 11.7 Å². The Kier molecular flexibility index (Phi) is 6.62. The molecule has 2 aromatic heterocycles. The number of ether oxygens (including phenoxy) is 2. The normalized spacial score (nSPS) is 18.6. The fourth-order valence-electron chi connectivity index (χ4n) is 4.39. The Hall–Kier alpha value is -3.59. The maximum atomic E-state index is 13.4. The molecule has 9 heteroatoms. The molecule has 0 bridgehead atoms. The van der Waals surface area contributed by atoms with Crippen molar-refractivity contribution in [3.05, 3.63) is 72.1 Å². The molecule has 0 N–H and O–H groups in total. The zero-order chi connectivity index (χ0) is 23.3. The van der Waals surface area contributed by atoms with Crippen LogP contribution in [0.15, 0.2) is 55.0 Å². The van der Waals surface area contributed by atoms with E-state index in [4.69, 9.17) is 9.47 Å². The van der Waals surface area contributed by atoms with E-state index in [1.807, 2.05) is 11.0 Å². The third kappa shape index (κ3) is 4.99. The molecular formula is C25H26FN5O3. The zero-order valence-electron chi connectivity index (χ0n) is 18.8. The molecule has 3 aromatic rings. The van der Waals surface area contributed by atoms with Gasteiger partial charge in [0.05, 0.1) is 13.2 Å². The first-order valence-electron chi connectivity index (χ1n) is 11.5. The van der Waals surface area contributed by atoms with Crippen LogP contribution in [0, 0.1) is 5.82 Å². The number of benzene rings is 1. The Balaban J connectivity index is 1.32. The largest absolute Gasteiger partial charge is 0.437 e. The van der Waals surface area contributed by atoms with E-state index in [-0.39, 0.29) is 17.6 Å². The van der Waals surface area contributed by atoms with Crippen molar-refractivity contribution in [3.63, 3.8) is 0 Å². The standard InChI is InChI=1S/C25H26FN5O3/c26-20-3-5-21(6-4-20)34-24-23(28-9-10-29-24)19-2-1-11-31(17-19)25(32)18-7-8-27-22(16-18)30-12-14-33-15-13-30/h3-10,16,19H,1-2,11-15,17H2/t19-/m1/s1. The highest BCUT2D eigenvalue weighted by molar-refractivity contribution is 5.95. The molecule has 5 rings (SSSR count). The summed E-state index contributed by atoms with van der Waals surface area (Å²) in [6.45, 7) is 4.05. The predicted octanol–water partition coefficient (Wildman–Crippen LogP) is 3.66. The molecule has 0 spiro atoms. The Morgan fingerprint density at radius 2 is 1.79 bits per heavy atom. The summed E-state index contributed by atoms with van der Waals surface area (Å²) in [5, 5.41) is 0. The van der Waals surface area contributed by atoms with Crippen molar-refractivity contribution < 1.29 is 18.7 Å². The number of piperidine rings is 1. The molecule has 2 aliphatic heterocycles. The molecule has 1 amide bonds. The Labute approximate surface area is 197 Å². The molecule has 0 unspecified atom stereocenters. The summed E-state index contributed by atoms with van der Waals surface area (Å²) >= 11 is 0. The number of likely N-dealkylation sites (tertiary alicyclic amines) is 1. The third-order valence-corrected chi connectivity index (χ3v) is 6.14. The second-order valence-corrected chi connectivity index (χ2v) is 8.40. The topological polar surface area (TPSA) is 80.7 Å². The van der Waals surface area contributed by atoms with E-state index < -0.39 is 0 Å². The summed E-state index contributed by atoms with van der Waals surface area (Å²) in [5.41, 5.74) is 1.33. The number of amides is 1. The van der Waals surface area contributed by atoms with Gasteiger partial charge in [0.1, 0.15) is 23.1 Å². The molecule has 1 aromatic carbocycles. The number of nitrogens with zero attached hydrogens (tertiary/aromatic N) is 5. The molecule has 0 aliphatic carbocycles. The Morgan fingerprint density at radius 1 is 1.00 bits per heavy atom. The summed E-state index contributed by atoms with van der Waals surface area (Å²) in [6.07, 6.45) is 6.61. The van der Waals surface area contributed by atoms with Crippen LogP contribution in [0.4, 0.5) is 10.2 Å². The molecule has 0 radical (unpaired) electrons. The van der Waals surface area contributed by atoms with Gasteiger partial charge >= 0.3 is 0 Å². The van der Waals surface area contributed by atoms with Crippen LogP contribution < -0.4 is 9.64 Å². The van der Waals surface area contributed by atoms with Gasteiger partial charge in [-0.15, -0.1) is 0 Å². The van der Waals surface area contributed by atoms with Gasteiger partial charge in [-0.2, -0.15) is 0 Å². The second-order valence-electron chi connectivity index (χ2n) is 8.40. The van der Waals surface area contributed by atoms with Crippen LogP contribution >= 0.6 is 0 Å². The smallest absolute Gasteiger partial charge is 0.254 e. The molecule has 2 fully saturated rings. The van der Waals surface area contributed by atoms with Crippen LogP contribution in [-0.4, -0.2) is 65.2 Å². The van der Waals surface area contributed by atoms with Gasteiger partial charge in [0.25, 0.3) is 5.91 Å². The van der Waals surface area contributed by atoms with Gasteiger partial charge in [0.2, 0.25) is 5.88 Å². The number of hydrogen-bond acceptors (Lipinski definition) is 7. The summed E-state index contributed by atoms with van der Waals surface area (Å²) in [4.78, 5) is 30.7. The molecule has 1 atom stereocenters. The number of anilines is 1. The number of morpholine rings is 1. The third-order valence-electron chi connectivity index (χ3n) is 6.14. The highest BCUT2D eigenvalue weighted by Gasteiger charge is 2.29. The number of carbonyl (C=O) groups is 1. The van der Waals surface area contributed by atoms with Crippen LogP contribution in [0.25, 0.3) is 0 Å². The van der Waals surface area contributed by atoms with E-state index in [9.17, 15) is 9.18 Å². The van der Waals surface area contributed by atoms with E-state index in [0.717, 1.165) is 31.7 Å². The number of carbonyl (C=O) groups excluding carboxylic acids is 1. The van der Waals surface area contributed by atoms with Crippen LogP contribution in [0.5, 0.6) is 11.6 Å². The first-order valence-corrected chi connectivity index (χ1v) is 11.5. The SMILES string of the molecule is O=C(c1ccnc(N2CCOCC2)c1)N1CCC[C@@H](c2nccnc2Oc2ccc(F)cc2)C1. The van der Waals surface area contributed by atoms with Gasteiger partial charge in [-0.1, -0.05) is 0 Å². The maximum absolute atomic E-state index is 13.4. The van der Waals surface area contributed by atoms with E-state index in [2.05, 4.69) is 19.9 Å². The average Bonchev–Trinajstić information content (AvgIpc) is 2.90. The summed E-state index contributed by atoms with van der Waals surface area (Å²) in [5.74, 6) is 1.30. The van der Waals surface area contributed by atoms with E-state index in [0.29, 0.717) is 49.2 Å². The fraction of sp³-hybridized carbons (Fsp3) is 0.360. The first kappa shape index (κ1) is 22.2. The van der Waals surface area contributed by atoms with E-state index in [1.165, 1.54) is 12.1 Å². The number of aromatic nitrogens is 3. The van der Waals surface area contributed by atoms with Crippen molar-refractivity contribution in [3.8, 4) is 11.6 Å². The van der Waals surface area contributed by atoms with Crippen molar-refractivity contribution in [1.82, 2.24) is 19.9 Å². The molecule has 4 heterocycles. The lowest BCUT2D eigenvalue weighted by Crippen LogP contribution is -2.40. The minimum Gasteiger partial charge on any atom is -0.437 e. The van der Waals surface area contributed by atoms with Crippen LogP contribution in [0.2, 0.25) is 0 Å². The Bertz CT molecular complexity index is 1140. The number of pyridine rings is 1. The van der Waals surface area contributed by atoms with Gasteiger partial charge in [-0.3, -0.25) is 9.78 Å². The highest BCUT2D eigenvalue weighted by Crippen LogP contribution is 2.33. The van der Waals surface area contributed by atoms with E-state index in [1.54, 1.807) is 36.8 Å². The van der Waals surface area contributed by atoms with Crippen molar-refractivity contribution in [2.75, 3.05) is 44.3 Å². The van der Waals surface area contributed by atoms with Gasteiger partial charge in [-0.05, 0) is 49.2 Å². The lowest BCUT2D eigenvalue weighted by atomic mass is 9.94. The number of halogens is 1. The van der Waals surface area contributed by atoms with E-state index >= 15 is 0 Å². The van der Waals surface area contributed by atoms with Crippen molar-refractivity contribution in [2.45, 2.75) is 18.8 Å². The van der Waals surface area contributed by atoms with Crippen molar-refractivity contribution in [1.29, 1.82) is 0 Å². The van der Waals surface area contributed by atoms with Crippen LogP contribution in [0.3, 0.4) is 0 Å². The zero-order valence-corrected chi connectivity index (χ0v) is 18.8. The van der Waals surface area contributed by atoms with Gasteiger partial charge in [-0.25, -0.2) is 14.4 Å². The minimum absolute atomic E-state index is 0.0117. The molecule has 8 nitrogen and oxygen atoms in total. The van der Waals surface area contributed by atoms with Crippen LogP contribution in [0.1, 0.15) is 34.8 Å². The van der Waals surface area contributed by atoms with Gasteiger partial charge in [0.15, 0.2) is 0 Å². The molecular weight excluding hydrogens is 437 g/mol. The molecule has 176 valence electrons. The molecule has 2 aliphatic rings. The monoisotopic (exact) mass is 463 g/mol. The van der Waals surface area contributed by atoms with Gasteiger partial charge < -0.3 is 19.3 Å². The number of rotatable bonds is 5. The average molecular weight is 464 g/mol. The quantitative estimate of drug-likeness (QED) is 0.571. The lowest BCUT2D eigenvalue weighted by Gasteiger charge is -2.33. The Morgan fingerprint density at radius 3 is 2.62 bits per heavy atom. The summed E-state index contributed by atoms with van der Waals surface area (Å²) < 4.78 is 24.6. The minimum atomic E-state index is -0.332. The maximum Gasteiger partial charge on any atom is 0.254 e. The number of hydrogen-bond donors (Lipinski definition) is 0. The fourth-order valence-corrected chi connectivity index (χ4v) is 4.39.